The number of ether oxygens (including phenoxy) is 1. The molecule has 1 atom stereocenters. The lowest BCUT2D eigenvalue weighted by molar-refractivity contribution is -0.385. The molecule has 0 aliphatic carbocycles. The number of nitro groups is 1. The summed E-state index contributed by atoms with van der Waals surface area (Å²) in [5.41, 5.74) is -0.207. The van der Waals surface area contributed by atoms with Crippen LogP contribution in [-0.4, -0.2) is 35.8 Å². The molecule has 106 valence electrons. The van der Waals surface area contributed by atoms with Crippen molar-refractivity contribution in [1.29, 1.82) is 0 Å². The van der Waals surface area contributed by atoms with Crippen LogP contribution in [0.15, 0.2) is 18.2 Å². The largest absolute Gasteiger partial charge is 0.484 e. The highest BCUT2D eigenvalue weighted by Gasteiger charge is 2.16. The third kappa shape index (κ3) is 5.42. The Balaban J connectivity index is 2.55. The van der Waals surface area contributed by atoms with Crippen molar-refractivity contribution in [2.24, 2.45) is 0 Å². The van der Waals surface area contributed by atoms with Crippen molar-refractivity contribution < 1.29 is 14.8 Å². The molecule has 0 amide bonds. The molecular formula is C12H17ClN2O4. The van der Waals surface area contributed by atoms with Crippen molar-refractivity contribution >= 4 is 17.3 Å². The number of rotatable bonds is 8. The molecule has 0 fully saturated rings. The van der Waals surface area contributed by atoms with Crippen LogP contribution in [0.4, 0.5) is 5.69 Å². The maximum Gasteiger partial charge on any atom is 0.312 e. The highest BCUT2D eigenvalue weighted by atomic mass is 35.5. The van der Waals surface area contributed by atoms with E-state index in [0.717, 1.165) is 13.0 Å². The van der Waals surface area contributed by atoms with E-state index in [1.165, 1.54) is 18.2 Å². The van der Waals surface area contributed by atoms with E-state index >= 15 is 0 Å². The van der Waals surface area contributed by atoms with Crippen LogP contribution in [0.3, 0.4) is 0 Å². The van der Waals surface area contributed by atoms with E-state index < -0.39 is 11.0 Å². The number of benzene rings is 1. The predicted octanol–water partition coefficient (Wildman–Crippen LogP) is 1.99. The van der Waals surface area contributed by atoms with Gasteiger partial charge in [0, 0.05) is 17.6 Å². The molecule has 0 saturated carbocycles. The molecule has 1 aromatic carbocycles. The van der Waals surface area contributed by atoms with Gasteiger partial charge in [-0.1, -0.05) is 18.5 Å². The van der Waals surface area contributed by atoms with Gasteiger partial charge in [-0.2, -0.15) is 0 Å². The van der Waals surface area contributed by atoms with Gasteiger partial charge in [-0.25, -0.2) is 0 Å². The second-order valence-corrected chi connectivity index (χ2v) is 4.47. The molecule has 0 radical (unpaired) electrons. The van der Waals surface area contributed by atoms with Gasteiger partial charge in [-0.15, -0.1) is 0 Å². The summed E-state index contributed by atoms with van der Waals surface area (Å²) in [6.45, 7) is 3.19. The molecule has 1 unspecified atom stereocenters. The first-order chi connectivity index (χ1) is 9.04. The lowest BCUT2D eigenvalue weighted by Crippen LogP contribution is -2.31. The van der Waals surface area contributed by atoms with Gasteiger partial charge in [0.2, 0.25) is 0 Å². The van der Waals surface area contributed by atoms with E-state index in [9.17, 15) is 15.2 Å². The molecule has 1 rings (SSSR count). The predicted molar refractivity (Wildman–Crippen MR) is 72.8 cm³/mol. The lowest BCUT2D eigenvalue weighted by atomic mass is 10.3. The third-order valence-corrected chi connectivity index (χ3v) is 2.59. The Kier molecular flexibility index (Phi) is 6.55. The number of aliphatic hydroxyl groups is 1. The van der Waals surface area contributed by atoms with Crippen LogP contribution in [0.5, 0.6) is 5.75 Å². The fourth-order valence-electron chi connectivity index (χ4n) is 1.45. The third-order valence-electron chi connectivity index (χ3n) is 2.36. The summed E-state index contributed by atoms with van der Waals surface area (Å²) >= 11 is 5.69. The van der Waals surface area contributed by atoms with Crippen LogP contribution >= 0.6 is 11.6 Å². The molecule has 0 bridgehead atoms. The monoisotopic (exact) mass is 288 g/mol. The Morgan fingerprint density at radius 2 is 2.32 bits per heavy atom. The minimum Gasteiger partial charge on any atom is -0.484 e. The van der Waals surface area contributed by atoms with Crippen molar-refractivity contribution in [3.05, 3.63) is 33.3 Å². The van der Waals surface area contributed by atoms with Crippen LogP contribution in [-0.2, 0) is 0 Å². The summed E-state index contributed by atoms with van der Waals surface area (Å²) in [6, 6.07) is 4.15. The number of aliphatic hydroxyl groups excluding tert-OH is 1. The highest BCUT2D eigenvalue weighted by Crippen LogP contribution is 2.29. The van der Waals surface area contributed by atoms with E-state index in [1.807, 2.05) is 6.92 Å². The van der Waals surface area contributed by atoms with Gasteiger partial charge < -0.3 is 15.2 Å². The fourth-order valence-corrected chi connectivity index (χ4v) is 1.61. The average Bonchev–Trinajstić information content (AvgIpc) is 2.37. The van der Waals surface area contributed by atoms with Crippen LogP contribution < -0.4 is 10.1 Å². The fraction of sp³-hybridized carbons (Fsp3) is 0.500. The molecule has 19 heavy (non-hydrogen) atoms. The summed E-state index contributed by atoms with van der Waals surface area (Å²) < 4.78 is 5.26. The molecule has 0 aromatic heterocycles. The van der Waals surface area contributed by atoms with Crippen molar-refractivity contribution in [1.82, 2.24) is 5.32 Å². The van der Waals surface area contributed by atoms with Gasteiger partial charge in [0.05, 0.1) is 4.92 Å². The van der Waals surface area contributed by atoms with Crippen molar-refractivity contribution in [3.63, 3.8) is 0 Å². The summed E-state index contributed by atoms with van der Waals surface area (Å²) in [5, 5.41) is 23.8. The standard InChI is InChI=1S/C12H17ClN2O4/c1-2-5-14-7-10(16)8-19-12-4-3-9(13)6-11(12)15(17)18/h3-4,6,10,14,16H,2,5,7-8H2,1H3. The van der Waals surface area contributed by atoms with Gasteiger partial charge in [-0.05, 0) is 25.1 Å². The Morgan fingerprint density at radius 1 is 1.58 bits per heavy atom. The average molecular weight is 289 g/mol. The summed E-state index contributed by atoms with van der Waals surface area (Å²) in [6.07, 6.45) is 0.248. The lowest BCUT2D eigenvalue weighted by Gasteiger charge is -2.13. The number of hydrogen-bond acceptors (Lipinski definition) is 5. The normalized spacial score (nSPS) is 12.2. The van der Waals surface area contributed by atoms with Crippen molar-refractivity contribution in [2.45, 2.75) is 19.4 Å². The van der Waals surface area contributed by atoms with Crippen LogP contribution in [0.2, 0.25) is 5.02 Å². The van der Waals surface area contributed by atoms with E-state index in [-0.39, 0.29) is 23.1 Å². The van der Waals surface area contributed by atoms with E-state index in [0.29, 0.717) is 6.54 Å². The molecule has 0 saturated heterocycles. The Bertz CT molecular complexity index is 428. The number of nitrogens with one attached hydrogen (secondary N) is 1. The number of nitro benzene ring substituents is 1. The highest BCUT2D eigenvalue weighted by molar-refractivity contribution is 6.30. The van der Waals surface area contributed by atoms with Crippen LogP contribution in [0.25, 0.3) is 0 Å². The molecule has 2 N–H and O–H groups in total. The van der Waals surface area contributed by atoms with Crippen molar-refractivity contribution in [2.75, 3.05) is 19.7 Å². The maximum atomic E-state index is 10.8. The Morgan fingerprint density at radius 3 is 2.95 bits per heavy atom. The number of halogens is 1. The molecule has 0 aliphatic rings. The molecule has 0 heterocycles. The number of nitrogens with zero attached hydrogens (tertiary/aromatic N) is 1. The van der Waals surface area contributed by atoms with E-state index in [1.54, 1.807) is 0 Å². The minimum atomic E-state index is -0.721. The first kappa shape index (κ1) is 15.7. The molecule has 1 aromatic rings. The van der Waals surface area contributed by atoms with Gasteiger partial charge in [0.15, 0.2) is 5.75 Å². The zero-order chi connectivity index (χ0) is 14.3. The van der Waals surface area contributed by atoms with Crippen LogP contribution in [0.1, 0.15) is 13.3 Å². The second kappa shape index (κ2) is 7.93. The SMILES string of the molecule is CCCNCC(O)COc1ccc(Cl)cc1[N+](=O)[O-]. The van der Waals surface area contributed by atoms with E-state index in [2.05, 4.69) is 5.32 Å². The smallest absolute Gasteiger partial charge is 0.312 e. The Hall–Kier alpha value is -1.37. The molecule has 7 heteroatoms. The van der Waals surface area contributed by atoms with Gasteiger partial charge in [0.1, 0.15) is 12.7 Å². The van der Waals surface area contributed by atoms with Crippen LogP contribution in [0, 0.1) is 10.1 Å². The summed E-state index contributed by atoms with van der Waals surface area (Å²) in [4.78, 5) is 10.3. The summed E-state index contributed by atoms with van der Waals surface area (Å²) in [7, 11) is 0. The molecule has 6 nitrogen and oxygen atoms in total. The quantitative estimate of drug-likeness (QED) is 0.434. The first-order valence-electron chi connectivity index (χ1n) is 6.00. The van der Waals surface area contributed by atoms with Crippen molar-refractivity contribution in [3.8, 4) is 5.75 Å². The summed E-state index contributed by atoms with van der Waals surface area (Å²) in [5.74, 6) is 0.101. The minimum absolute atomic E-state index is 0.0147. The number of hydrogen-bond donors (Lipinski definition) is 2. The Labute approximate surface area is 116 Å². The zero-order valence-corrected chi connectivity index (χ0v) is 11.4. The van der Waals surface area contributed by atoms with Gasteiger partial charge >= 0.3 is 5.69 Å². The maximum absolute atomic E-state index is 10.8. The molecular weight excluding hydrogens is 272 g/mol. The first-order valence-corrected chi connectivity index (χ1v) is 6.38. The topological polar surface area (TPSA) is 84.6 Å². The van der Waals surface area contributed by atoms with Gasteiger partial charge in [0.25, 0.3) is 0 Å². The zero-order valence-electron chi connectivity index (χ0n) is 10.6. The molecule has 0 spiro atoms. The molecule has 0 aliphatic heterocycles. The second-order valence-electron chi connectivity index (χ2n) is 4.04. The van der Waals surface area contributed by atoms with E-state index in [4.69, 9.17) is 16.3 Å². The van der Waals surface area contributed by atoms with Gasteiger partial charge in [-0.3, -0.25) is 10.1 Å².